The van der Waals surface area contributed by atoms with Crippen LogP contribution in [0.5, 0.6) is 0 Å². The van der Waals surface area contributed by atoms with E-state index in [4.69, 9.17) is 0 Å². The molecule has 1 atom stereocenters. The van der Waals surface area contributed by atoms with Gasteiger partial charge in [0.05, 0.1) is 0 Å². The van der Waals surface area contributed by atoms with E-state index >= 15 is 0 Å². The Bertz CT molecular complexity index is 164. The zero-order valence-corrected chi connectivity index (χ0v) is 9.63. The summed E-state index contributed by atoms with van der Waals surface area (Å²) in [5.74, 6) is 1.72. The summed E-state index contributed by atoms with van der Waals surface area (Å²) >= 11 is 0. The standard InChI is InChI=1S/C12H24N2/c1-4-6-14(7-5-2)10-11(3)12-8-13-9-12/h4,11-13H,1,5-10H2,2-3H3. The quantitative estimate of drug-likeness (QED) is 0.624. The van der Waals surface area contributed by atoms with Gasteiger partial charge < -0.3 is 5.32 Å². The molecular formula is C12H24N2. The van der Waals surface area contributed by atoms with Gasteiger partial charge in [-0.25, -0.2) is 0 Å². The smallest absolute Gasteiger partial charge is 0.0160 e. The molecule has 1 unspecified atom stereocenters. The minimum absolute atomic E-state index is 0.822. The first kappa shape index (κ1) is 11.7. The molecule has 1 saturated heterocycles. The van der Waals surface area contributed by atoms with Crippen molar-refractivity contribution in [3.63, 3.8) is 0 Å². The number of hydrogen-bond acceptors (Lipinski definition) is 2. The van der Waals surface area contributed by atoms with Crippen molar-refractivity contribution in [2.75, 3.05) is 32.7 Å². The fourth-order valence-electron chi connectivity index (χ4n) is 2.03. The average molecular weight is 196 g/mol. The molecule has 0 saturated carbocycles. The van der Waals surface area contributed by atoms with Gasteiger partial charge in [-0.15, -0.1) is 6.58 Å². The Morgan fingerprint density at radius 3 is 2.71 bits per heavy atom. The molecule has 2 nitrogen and oxygen atoms in total. The molecule has 82 valence electrons. The molecule has 1 aliphatic rings. The Labute approximate surface area is 88.4 Å². The van der Waals surface area contributed by atoms with E-state index in [1.807, 2.05) is 6.08 Å². The number of hydrogen-bond donors (Lipinski definition) is 1. The fourth-order valence-corrected chi connectivity index (χ4v) is 2.03. The van der Waals surface area contributed by atoms with Crippen molar-refractivity contribution in [1.29, 1.82) is 0 Å². The van der Waals surface area contributed by atoms with Crippen LogP contribution in [0.15, 0.2) is 12.7 Å². The lowest BCUT2D eigenvalue weighted by molar-refractivity contribution is 0.176. The SMILES string of the molecule is C=CCN(CCC)CC(C)C1CNC1. The lowest BCUT2D eigenvalue weighted by Gasteiger charge is -2.35. The molecule has 1 aliphatic heterocycles. The third kappa shape index (κ3) is 3.43. The molecule has 0 aliphatic carbocycles. The van der Waals surface area contributed by atoms with Crippen molar-refractivity contribution >= 4 is 0 Å². The molecule has 0 aromatic carbocycles. The summed E-state index contributed by atoms with van der Waals surface area (Å²) in [5, 5.41) is 3.34. The highest BCUT2D eigenvalue weighted by molar-refractivity contribution is 4.82. The summed E-state index contributed by atoms with van der Waals surface area (Å²) in [6, 6.07) is 0. The highest BCUT2D eigenvalue weighted by atomic mass is 15.1. The Balaban J connectivity index is 2.25. The van der Waals surface area contributed by atoms with Crippen molar-refractivity contribution in [2.45, 2.75) is 20.3 Å². The van der Waals surface area contributed by atoms with Gasteiger partial charge in [0, 0.05) is 13.1 Å². The molecular weight excluding hydrogens is 172 g/mol. The van der Waals surface area contributed by atoms with Crippen molar-refractivity contribution in [1.82, 2.24) is 10.2 Å². The van der Waals surface area contributed by atoms with Gasteiger partial charge in [0.2, 0.25) is 0 Å². The third-order valence-electron chi connectivity index (χ3n) is 3.09. The fraction of sp³-hybridized carbons (Fsp3) is 0.833. The van der Waals surface area contributed by atoms with Gasteiger partial charge in [0.25, 0.3) is 0 Å². The van der Waals surface area contributed by atoms with Crippen molar-refractivity contribution in [3.8, 4) is 0 Å². The van der Waals surface area contributed by atoms with Crippen molar-refractivity contribution < 1.29 is 0 Å². The third-order valence-corrected chi connectivity index (χ3v) is 3.09. The van der Waals surface area contributed by atoms with Crippen LogP contribution in [0.1, 0.15) is 20.3 Å². The van der Waals surface area contributed by atoms with Crippen LogP contribution in [0, 0.1) is 11.8 Å². The molecule has 0 amide bonds. The van der Waals surface area contributed by atoms with Crippen LogP contribution in [-0.4, -0.2) is 37.6 Å². The molecule has 0 bridgehead atoms. The molecule has 0 spiro atoms. The largest absolute Gasteiger partial charge is 0.316 e. The maximum atomic E-state index is 3.82. The average Bonchev–Trinajstić information content (AvgIpc) is 2.01. The molecule has 2 heteroatoms. The van der Waals surface area contributed by atoms with E-state index < -0.39 is 0 Å². The second-order valence-electron chi connectivity index (χ2n) is 4.44. The highest BCUT2D eigenvalue weighted by Gasteiger charge is 2.24. The van der Waals surface area contributed by atoms with Gasteiger partial charge >= 0.3 is 0 Å². The molecule has 1 N–H and O–H groups in total. The van der Waals surface area contributed by atoms with Crippen LogP contribution in [0.3, 0.4) is 0 Å². The maximum Gasteiger partial charge on any atom is 0.0160 e. The second kappa shape index (κ2) is 6.20. The van der Waals surface area contributed by atoms with E-state index in [0.717, 1.165) is 18.4 Å². The van der Waals surface area contributed by atoms with E-state index in [1.165, 1.54) is 32.6 Å². The number of nitrogens with zero attached hydrogens (tertiary/aromatic N) is 1. The normalized spacial score (nSPS) is 19.4. The zero-order chi connectivity index (χ0) is 10.4. The first-order valence-electron chi connectivity index (χ1n) is 5.81. The summed E-state index contributed by atoms with van der Waals surface area (Å²) in [6.45, 7) is 14.3. The minimum Gasteiger partial charge on any atom is -0.316 e. The Morgan fingerprint density at radius 1 is 1.57 bits per heavy atom. The van der Waals surface area contributed by atoms with Crippen molar-refractivity contribution in [3.05, 3.63) is 12.7 Å². The highest BCUT2D eigenvalue weighted by Crippen LogP contribution is 2.17. The van der Waals surface area contributed by atoms with Gasteiger partial charge in [-0.2, -0.15) is 0 Å². The van der Waals surface area contributed by atoms with Gasteiger partial charge in [0.1, 0.15) is 0 Å². The molecule has 1 rings (SSSR count). The second-order valence-corrected chi connectivity index (χ2v) is 4.44. The van der Waals surface area contributed by atoms with Crippen LogP contribution < -0.4 is 5.32 Å². The van der Waals surface area contributed by atoms with Crippen LogP contribution in [0.2, 0.25) is 0 Å². The Kier molecular flexibility index (Phi) is 5.20. The zero-order valence-electron chi connectivity index (χ0n) is 9.63. The molecule has 0 radical (unpaired) electrons. The topological polar surface area (TPSA) is 15.3 Å². The van der Waals surface area contributed by atoms with Gasteiger partial charge in [-0.3, -0.25) is 4.90 Å². The lowest BCUT2D eigenvalue weighted by Crippen LogP contribution is -2.48. The minimum atomic E-state index is 0.822. The number of nitrogens with one attached hydrogen (secondary N) is 1. The molecule has 0 aromatic rings. The predicted octanol–water partition coefficient (Wildman–Crippen LogP) is 1.74. The van der Waals surface area contributed by atoms with E-state index in [0.29, 0.717) is 0 Å². The van der Waals surface area contributed by atoms with E-state index in [-0.39, 0.29) is 0 Å². The van der Waals surface area contributed by atoms with Crippen molar-refractivity contribution in [2.24, 2.45) is 11.8 Å². The summed E-state index contributed by atoms with van der Waals surface area (Å²) in [6.07, 6.45) is 3.25. The first-order valence-corrected chi connectivity index (χ1v) is 5.81. The summed E-state index contributed by atoms with van der Waals surface area (Å²) in [5.41, 5.74) is 0. The van der Waals surface area contributed by atoms with Crippen LogP contribution >= 0.6 is 0 Å². The van der Waals surface area contributed by atoms with Crippen LogP contribution in [0.4, 0.5) is 0 Å². The predicted molar refractivity (Wildman–Crippen MR) is 62.5 cm³/mol. The Hall–Kier alpha value is -0.340. The van der Waals surface area contributed by atoms with Gasteiger partial charge in [-0.05, 0) is 37.9 Å². The van der Waals surface area contributed by atoms with E-state index in [2.05, 4.69) is 30.6 Å². The molecule has 1 fully saturated rings. The molecule has 0 aromatic heterocycles. The number of rotatable bonds is 7. The molecule has 1 heterocycles. The lowest BCUT2D eigenvalue weighted by atomic mass is 9.88. The van der Waals surface area contributed by atoms with Crippen LogP contribution in [0.25, 0.3) is 0 Å². The Morgan fingerprint density at radius 2 is 2.29 bits per heavy atom. The van der Waals surface area contributed by atoms with Gasteiger partial charge in [0.15, 0.2) is 0 Å². The van der Waals surface area contributed by atoms with E-state index in [9.17, 15) is 0 Å². The maximum absolute atomic E-state index is 3.82. The molecule has 14 heavy (non-hydrogen) atoms. The summed E-state index contributed by atoms with van der Waals surface area (Å²) in [4.78, 5) is 2.51. The summed E-state index contributed by atoms with van der Waals surface area (Å²) < 4.78 is 0. The monoisotopic (exact) mass is 196 g/mol. The van der Waals surface area contributed by atoms with Gasteiger partial charge in [-0.1, -0.05) is 19.9 Å². The van der Waals surface area contributed by atoms with E-state index in [1.54, 1.807) is 0 Å². The first-order chi connectivity index (χ1) is 6.77. The van der Waals surface area contributed by atoms with Crippen LogP contribution in [-0.2, 0) is 0 Å². The summed E-state index contributed by atoms with van der Waals surface area (Å²) in [7, 11) is 0.